The van der Waals surface area contributed by atoms with Crippen molar-refractivity contribution in [3.63, 3.8) is 0 Å². The smallest absolute Gasteiger partial charge is 0.334 e. The van der Waals surface area contributed by atoms with Crippen LogP contribution in [-0.4, -0.2) is 64.3 Å². The van der Waals surface area contributed by atoms with E-state index in [9.17, 15) is 19.2 Å². The number of aromatic nitrogens is 1. The fourth-order valence-corrected chi connectivity index (χ4v) is 4.47. The maximum atomic E-state index is 12.9. The molecular formula is C21H29N3O5. The average molecular weight is 403 g/mol. The molecule has 1 saturated heterocycles. The first kappa shape index (κ1) is 21.2. The standard InChI is InChI=1S/C21H29N3O5/c1-13-7-5-6-8-17(13)24-20(27)19(26)23(21(24)28)12-18(25)16-11-14(2)22(15(16)3)9-10-29-4/h11,13,17H,5-10,12H2,1-4H3/t13-,17+/m1/s1. The monoisotopic (exact) mass is 403 g/mol. The van der Waals surface area contributed by atoms with Gasteiger partial charge in [-0.25, -0.2) is 9.69 Å². The number of methoxy groups -OCH3 is 1. The van der Waals surface area contributed by atoms with Crippen molar-refractivity contribution in [3.8, 4) is 0 Å². The third-order valence-electron chi connectivity index (χ3n) is 6.18. The highest BCUT2D eigenvalue weighted by Gasteiger charge is 2.49. The van der Waals surface area contributed by atoms with Crippen molar-refractivity contribution < 1.29 is 23.9 Å². The Balaban J connectivity index is 1.78. The Morgan fingerprint density at radius 1 is 1.14 bits per heavy atom. The van der Waals surface area contributed by atoms with Gasteiger partial charge in [-0.1, -0.05) is 19.8 Å². The van der Waals surface area contributed by atoms with Crippen molar-refractivity contribution >= 4 is 23.6 Å². The topological polar surface area (TPSA) is 88.9 Å². The van der Waals surface area contributed by atoms with E-state index in [4.69, 9.17) is 4.74 Å². The third-order valence-corrected chi connectivity index (χ3v) is 6.18. The van der Waals surface area contributed by atoms with Gasteiger partial charge in [0.05, 0.1) is 13.2 Å². The lowest BCUT2D eigenvalue weighted by Crippen LogP contribution is -2.46. The molecular weight excluding hydrogens is 374 g/mol. The Labute approximate surface area is 170 Å². The van der Waals surface area contributed by atoms with Crippen LogP contribution in [0, 0.1) is 19.8 Å². The summed E-state index contributed by atoms with van der Waals surface area (Å²) in [6.07, 6.45) is 3.60. The quantitative estimate of drug-likeness (QED) is 0.396. The Bertz CT molecular complexity index is 844. The number of ketones is 1. The molecule has 2 fully saturated rings. The minimum Gasteiger partial charge on any atom is -0.383 e. The number of nitrogens with zero attached hydrogens (tertiary/aromatic N) is 3. The summed E-state index contributed by atoms with van der Waals surface area (Å²) in [6.45, 7) is 6.41. The summed E-state index contributed by atoms with van der Waals surface area (Å²) >= 11 is 0. The van der Waals surface area contributed by atoms with Crippen LogP contribution in [0.4, 0.5) is 4.79 Å². The highest BCUT2D eigenvalue weighted by molar-refractivity contribution is 6.45. The molecule has 1 saturated carbocycles. The lowest BCUT2D eigenvalue weighted by molar-refractivity contribution is -0.144. The molecule has 2 atom stereocenters. The first-order valence-electron chi connectivity index (χ1n) is 10.2. The summed E-state index contributed by atoms with van der Waals surface area (Å²) in [5.74, 6) is -1.92. The van der Waals surface area contributed by atoms with Crippen molar-refractivity contribution in [3.05, 3.63) is 23.0 Å². The van der Waals surface area contributed by atoms with Crippen LogP contribution < -0.4 is 0 Å². The van der Waals surface area contributed by atoms with Crippen molar-refractivity contribution in [2.45, 2.75) is 59.0 Å². The number of ether oxygens (including phenoxy) is 1. The first-order chi connectivity index (χ1) is 13.8. The van der Waals surface area contributed by atoms with Crippen LogP contribution >= 0.6 is 0 Å². The van der Waals surface area contributed by atoms with E-state index in [-0.39, 0.29) is 17.7 Å². The molecule has 2 aliphatic rings. The van der Waals surface area contributed by atoms with Gasteiger partial charge in [0.1, 0.15) is 0 Å². The molecule has 1 aromatic rings. The maximum Gasteiger partial charge on any atom is 0.334 e. The van der Waals surface area contributed by atoms with Crippen LogP contribution in [0.2, 0.25) is 0 Å². The minimum atomic E-state index is -0.908. The van der Waals surface area contributed by atoms with Crippen molar-refractivity contribution in [2.24, 2.45) is 5.92 Å². The number of hydrogen-bond acceptors (Lipinski definition) is 5. The lowest BCUT2D eigenvalue weighted by atomic mass is 9.85. The highest BCUT2D eigenvalue weighted by Crippen LogP contribution is 2.31. The summed E-state index contributed by atoms with van der Waals surface area (Å²) in [7, 11) is 1.61. The molecule has 0 N–H and O–H groups in total. The van der Waals surface area contributed by atoms with E-state index >= 15 is 0 Å². The SMILES string of the molecule is COCCn1c(C)cc(C(=O)CN2C(=O)C(=O)N([C@H]3CCCC[C@H]3C)C2=O)c1C. The normalized spacial score (nSPS) is 22.7. The molecule has 1 aliphatic carbocycles. The molecule has 0 bridgehead atoms. The minimum absolute atomic E-state index is 0.153. The van der Waals surface area contributed by atoms with Crippen LogP contribution in [0.5, 0.6) is 0 Å². The van der Waals surface area contributed by atoms with E-state index < -0.39 is 24.4 Å². The molecule has 4 amide bonds. The highest BCUT2D eigenvalue weighted by atomic mass is 16.5. The molecule has 2 heterocycles. The van der Waals surface area contributed by atoms with Gasteiger partial charge >= 0.3 is 17.8 Å². The van der Waals surface area contributed by atoms with Gasteiger partial charge in [-0.05, 0) is 38.7 Å². The number of rotatable bonds is 7. The zero-order valence-electron chi connectivity index (χ0n) is 17.6. The van der Waals surface area contributed by atoms with E-state index in [1.54, 1.807) is 13.2 Å². The number of Topliss-reactive ketones (excluding diaryl/α,β-unsaturated/α-hetero) is 1. The molecule has 0 radical (unpaired) electrons. The summed E-state index contributed by atoms with van der Waals surface area (Å²) in [6, 6.07) is 0.813. The Hall–Kier alpha value is -2.48. The predicted molar refractivity (Wildman–Crippen MR) is 105 cm³/mol. The van der Waals surface area contributed by atoms with Crippen molar-refractivity contribution in [1.82, 2.24) is 14.4 Å². The zero-order chi connectivity index (χ0) is 21.3. The van der Waals surface area contributed by atoms with Crippen molar-refractivity contribution in [1.29, 1.82) is 0 Å². The van der Waals surface area contributed by atoms with E-state index in [2.05, 4.69) is 0 Å². The number of amides is 4. The number of imide groups is 2. The molecule has 0 spiro atoms. The first-order valence-corrected chi connectivity index (χ1v) is 10.2. The van der Waals surface area contributed by atoms with Gasteiger partial charge in [0, 0.05) is 36.6 Å². The number of carbonyl (C=O) groups excluding carboxylic acids is 4. The molecule has 8 nitrogen and oxygen atoms in total. The molecule has 0 unspecified atom stereocenters. The maximum absolute atomic E-state index is 12.9. The third kappa shape index (κ3) is 3.85. The molecule has 29 heavy (non-hydrogen) atoms. The summed E-state index contributed by atoms with van der Waals surface area (Å²) in [5.41, 5.74) is 2.11. The predicted octanol–water partition coefficient (Wildman–Crippen LogP) is 2.30. The van der Waals surface area contributed by atoms with Gasteiger partial charge in [-0.2, -0.15) is 0 Å². The molecule has 8 heteroatoms. The Morgan fingerprint density at radius 2 is 1.83 bits per heavy atom. The fourth-order valence-electron chi connectivity index (χ4n) is 4.47. The van der Waals surface area contributed by atoms with Gasteiger partial charge in [-0.15, -0.1) is 0 Å². The van der Waals surface area contributed by atoms with Gasteiger partial charge < -0.3 is 9.30 Å². The Kier molecular flexibility index (Phi) is 6.21. The Morgan fingerprint density at radius 3 is 2.48 bits per heavy atom. The second kappa shape index (κ2) is 8.49. The molecule has 158 valence electrons. The van der Waals surface area contributed by atoms with Gasteiger partial charge in [0.15, 0.2) is 5.78 Å². The van der Waals surface area contributed by atoms with E-state index in [0.29, 0.717) is 25.1 Å². The van der Waals surface area contributed by atoms with Crippen LogP contribution in [0.15, 0.2) is 6.07 Å². The van der Waals surface area contributed by atoms with Gasteiger partial charge in [0.25, 0.3) is 0 Å². The van der Waals surface area contributed by atoms with Gasteiger partial charge in [-0.3, -0.25) is 19.3 Å². The molecule has 3 rings (SSSR count). The molecule has 1 aliphatic heterocycles. The van der Waals surface area contributed by atoms with E-state index in [0.717, 1.165) is 40.5 Å². The zero-order valence-corrected chi connectivity index (χ0v) is 17.6. The number of hydrogen-bond donors (Lipinski definition) is 0. The average Bonchev–Trinajstić information content (AvgIpc) is 3.08. The number of aryl methyl sites for hydroxylation is 1. The second-order valence-electron chi connectivity index (χ2n) is 8.03. The summed E-state index contributed by atoms with van der Waals surface area (Å²) < 4.78 is 7.07. The summed E-state index contributed by atoms with van der Waals surface area (Å²) in [4.78, 5) is 52.6. The van der Waals surface area contributed by atoms with E-state index in [1.165, 1.54) is 0 Å². The van der Waals surface area contributed by atoms with Crippen LogP contribution in [0.3, 0.4) is 0 Å². The van der Waals surface area contributed by atoms with Gasteiger partial charge in [0.2, 0.25) is 0 Å². The van der Waals surface area contributed by atoms with Crippen molar-refractivity contribution in [2.75, 3.05) is 20.3 Å². The molecule has 1 aromatic heterocycles. The number of urea groups is 1. The largest absolute Gasteiger partial charge is 0.383 e. The van der Waals surface area contributed by atoms with Crippen LogP contribution in [0.25, 0.3) is 0 Å². The fraction of sp³-hybridized carbons (Fsp3) is 0.619. The lowest BCUT2D eigenvalue weighted by Gasteiger charge is -2.34. The second-order valence-corrected chi connectivity index (χ2v) is 8.03. The van der Waals surface area contributed by atoms with Crippen LogP contribution in [0.1, 0.15) is 54.4 Å². The van der Waals surface area contributed by atoms with Crippen LogP contribution in [-0.2, 0) is 20.9 Å². The van der Waals surface area contributed by atoms with E-state index in [1.807, 2.05) is 25.3 Å². The summed E-state index contributed by atoms with van der Waals surface area (Å²) in [5, 5.41) is 0. The number of carbonyl (C=O) groups is 4. The molecule has 0 aromatic carbocycles.